The van der Waals surface area contributed by atoms with Crippen molar-refractivity contribution in [1.82, 2.24) is 10.2 Å². The largest absolute Gasteiger partial charge is 0.419 e. The Morgan fingerprint density at radius 2 is 1.89 bits per heavy atom. The first-order valence-electron chi connectivity index (χ1n) is 8.52. The normalized spacial score (nSPS) is 17.7. The molecule has 144 valence electrons. The lowest BCUT2D eigenvalue weighted by atomic mass is 10.2. The summed E-state index contributed by atoms with van der Waals surface area (Å²) in [4.78, 5) is 14.3. The molecule has 1 aliphatic heterocycles. The molecule has 2 amide bonds. The van der Waals surface area contributed by atoms with Crippen molar-refractivity contribution in [2.24, 2.45) is 0 Å². The maximum Gasteiger partial charge on any atom is 0.419 e. The zero-order chi connectivity index (χ0) is 19.4. The van der Waals surface area contributed by atoms with Crippen molar-refractivity contribution in [3.8, 4) is 0 Å². The van der Waals surface area contributed by atoms with Crippen LogP contribution in [0.5, 0.6) is 0 Å². The molecular weight excluding hydrogens is 362 g/mol. The van der Waals surface area contributed by atoms with Crippen molar-refractivity contribution < 1.29 is 22.4 Å². The van der Waals surface area contributed by atoms with Gasteiger partial charge in [0.25, 0.3) is 0 Å². The molecule has 4 nitrogen and oxygen atoms in total. The second kappa shape index (κ2) is 7.96. The third-order valence-corrected chi connectivity index (χ3v) is 4.39. The van der Waals surface area contributed by atoms with Crippen LogP contribution >= 0.6 is 0 Å². The Kier molecular flexibility index (Phi) is 5.65. The summed E-state index contributed by atoms with van der Waals surface area (Å²) in [6, 6.07) is 11.6. The van der Waals surface area contributed by atoms with Gasteiger partial charge in [0.15, 0.2) is 0 Å². The molecule has 1 heterocycles. The highest BCUT2D eigenvalue weighted by atomic mass is 19.4. The molecule has 3 rings (SSSR count). The number of likely N-dealkylation sites (tertiary alicyclic amines) is 1. The highest BCUT2D eigenvalue weighted by Gasteiger charge is 2.34. The van der Waals surface area contributed by atoms with Gasteiger partial charge in [-0.3, -0.25) is 4.90 Å². The van der Waals surface area contributed by atoms with Gasteiger partial charge in [-0.05, 0) is 30.2 Å². The Bertz CT molecular complexity index is 795. The Balaban J connectivity index is 1.53. The monoisotopic (exact) mass is 381 g/mol. The van der Waals surface area contributed by atoms with E-state index >= 15 is 0 Å². The van der Waals surface area contributed by atoms with Gasteiger partial charge < -0.3 is 10.6 Å². The number of benzene rings is 2. The minimum absolute atomic E-state index is 0.101. The van der Waals surface area contributed by atoms with Gasteiger partial charge in [-0.25, -0.2) is 9.18 Å². The first-order chi connectivity index (χ1) is 12.8. The zero-order valence-electron chi connectivity index (χ0n) is 14.4. The minimum Gasteiger partial charge on any atom is -0.334 e. The average molecular weight is 381 g/mol. The van der Waals surface area contributed by atoms with Crippen LogP contribution < -0.4 is 10.6 Å². The van der Waals surface area contributed by atoms with Crippen molar-refractivity contribution in [3.63, 3.8) is 0 Å². The molecule has 8 heteroatoms. The van der Waals surface area contributed by atoms with Crippen molar-refractivity contribution in [1.29, 1.82) is 0 Å². The van der Waals surface area contributed by atoms with E-state index in [2.05, 4.69) is 15.5 Å². The summed E-state index contributed by atoms with van der Waals surface area (Å²) in [7, 11) is 0. The molecule has 1 saturated heterocycles. The molecule has 0 aromatic heterocycles. The fourth-order valence-electron chi connectivity index (χ4n) is 3.11. The predicted octanol–water partition coefficient (Wildman–Crippen LogP) is 4.24. The topological polar surface area (TPSA) is 44.4 Å². The lowest BCUT2D eigenvalue weighted by molar-refractivity contribution is -0.139. The van der Waals surface area contributed by atoms with Crippen molar-refractivity contribution in [2.75, 3.05) is 18.4 Å². The van der Waals surface area contributed by atoms with E-state index < -0.39 is 23.6 Å². The van der Waals surface area contributed by atoms with E-state index in [1.165, 1.54) is 5.56 Å². The lowest BCUT2D eigenvalue weighted by Gasteiger charge is -2.17. The summed E-state index contributed by atoms with van der Waals surface area (Å²) in [5.74, 6) is -1.37. The van der Waals surface area contributed by atoms with Crippen molar-refractivity contribution in [2.45, 2.75) is 25.2 Å². The number of rotatable bonds is 4. The van der Waals surface area contributed by atoms with Crippen molar-refractivity contribution >= 4 is 11.7 Å². The van der Waals surface area contributed by atoms with Crippen LogP contribution in [0, 0.1) is 5.82 Å². The van der Waals surface area contributed by atoms with Crippen LogP contribution in [0.25, 0.3) is 0 Å². The van der Waals surface area contributed by atoms with Crippen LogP contribution in [0.2, 0.25) is 0 Å². The van der Waals surface area contributed by atoms with Gasteiger partial charge in [-0.15, -0.1) is 0 Å². The van der Waals surface area contributed by atoms with Crippen LogP contribution in [0.4, 0.5) is 28.0 Å². The number of nitrogens with zero attached hydrogens (tertiary/aromatic N) is 1. The standard InChI is InChI=1S/C19H19F4N3O/c20-17-7-6-14(10-16(17)19(21,22)23)24-18(27)25-15-8-9-26(12-15)11-13-4-2-1-3-5-13/h1-7,10,15H,8-9,11-12H2,(H2,24,25,27). The molecule has 0 radical (unpaired) electrons. The summed E-state index contributed by atoms with van der Waals surface area (Å²) in [5, 5.41) is 5.09. The third kappa shape index (κ3) is 5.19. The number of anilines is 1. The smallest absolute Gasteiger partial charge is 0.334 e. The second-order valence-corrected chi connectivity index (χ2v) is 6.50. The van der Waals surface area contributed by atoms with Crippen LogP contribution in [0.3, 0.4) is 0 Å². The quantitative estimate of drug-likeness (QED) is 0.778. The highest BCUT2D eigenvalue weighted by molar-refractivity contribution is 5.89. The predicted molar refractivity (Wildman–Crippen MR) is 93.7 cm³/mol. The number of alkyl halides is 3. The van der Waals surface area contributed by atoms with Crippen LogP contribution in [0.1, 0.15) is 17.5 Å². The van der Waals surface area contributed by atoms with Gasteiger partial charge in [-0.2, -0.15) is 13.2 Å². The maximum atomic E-state index is 13.3. The van der Waals surface area contributed by atoms with Crippen LogP contribution in [-0.2, 0) is 12.7 Å². The zero-order valence-corrected chi connectivity index (χ0v) is 14.4. The van der Waals surface area contributed by atoms with Gasteiger partial charge in [0.2, 0.25) is 0 Å². The fraction of sp³-hybridized carbons (Fsp3) is 0.316. The first-order valence-corrected chi connectivity index (χ1v) is 8.52. The minimum atomic E-state index is -4.82. The van der Waals surface area contributed by atoms with E-state index in [9.17, 15) is 22.4 Å². The van der Waals surface area contributed by atoms with E-state index in [4.69, 9.17) is 0 Å². The molecule has 1 fully saturated rings. The van der Waals surface area contributed by atoms with Gasteiger partial charge in [-0.1, -0.05) is 30.3 Å². The third-order valence-electron chi connectivity index (χ3n) is 4.39. The molecule has 2 aromatic carbocycles. The molecule has 2 aromatic rings. The van der Waals surface area contributed by atoms with Gasteiger partial charge in [0.05, 0.1) is 5.56 Å². The molecule has 0 saturated carbocycles. The second-order valence-electron chi connectivity index (χ2n) is 6.50. The summed E-state index contributed by atoms with van der Waals surface area (Å²) in [5.41, 5.74) is -0.343. The summed E-state index contributed by atoms with van der Waals surface area (Å²) in [6.07, 6.45) is -4.07. The highest BCUT2D eigenvalue weighted by Crippen LogP contribution is 2.33. The number of halogens is 4. The number of hydrogen-bond acceptors (Lipinski definition) is 2. The molecule has 1 unspecified atom stereocenters. The molecule has 0 aliphatic carbocycles. The number of amides is 2. The maximum absolute atomic E-state index is 13.3. The number of hydrogen-bond donors (Lipinski definition) is 2. The number of carbonyl (C=O) groups excluding carboxylic acids is 1. The van der Waals surface area contributed by atoms with E-state index in [0.29, 0.717) is 18.7 Å². The van der Waals surface area contributed by atoms with Gasteiger partial charge in [0, 0.05) is 31.4 Å². The molecule has 0 bridgehead atoms. The first kappa shape index (κ1) is 19.2. The Morgan fingerprint density at radius 1 is 1.15 bits per heavy atom. The molecule has 2 N–H and O–H groups in total. The molecular formula is C19H19F4N3O. The Morgan fingerprint density at radius 3 is 2.59 bits per heavy atom. The van der Waals surface area contributed by atoms with Crippen LogP contribution in [0.15, 0.2) is 48.5 Å². The van der Waals surface area contributed by atoms with E-state index in [0.717, 1.165) is 25.6 Å². The summed E-state index contributed by atoms with van der Waals surface area (Å²) >= 11 is 0. The fourth-order valence-corrected chi connectivity index (χ4v) is 3.11. The van der Waals surface area contributed by atoms with E-state index in [-0.39, 0.29) is 11.7 Å². The summed E-state index contributed by atoms with van der Waals surface area (Å²) < 4.78 is 51.5. The molecule has 1 atom stereocenters. The van der Waals surface area contributed by atoms with E-state index in [1.54, 1.807) is 0 Å². The number of nitrogens with one attached hydrogen (secondary N) is 2. The van der Waals surface area contributed by atoms with E-state index in [1.807, 2.05) is 30.3 Å². The molecule has 1 aliphatic rings. The number of carbonyl (C=O) groups is 1. The lowest BCUT2D eigenvalue weighted by Crippen LogP contribution is -2.39. The number of urea groups is 1. The molecule has 0 spiro atoms. The van der Waals surface area contributed by atoms with Gasteiger partial charge >= 0.3 is 12.2 Å². The molecule has 27 heavy (non-hydrogen) atoms. The summed E-state index contributed by atoms with van der Waals surface area (Å²) in [6.45, 7) is 2.24. The van der Waals surface area contributed by atoms with Crippen molar-refractivity contribution in [3.05, 3.63) is 65.5 Å². The van der Waals surface area contributed by atoms with Crippen LogP contribution in [-0.4, -0.2) is 30.1 Å². The SMILES string of the molecule is O=C(Nc1ccc(F)c(C(F)(F)F)c1)NC1CCN(Cc2ccccc2)C1. The van der Waals surface area contributed by atoms with Gasteiger partial charge in [0.1, 0.15) is 5.82 Å². The Hall–Kier alpha value is -2.61. The Labute approximate surface area is 154 Å². The average Bonchev–Trinajstić information content (AvgIpc) is 3.03.